The Morgan fingerprint density at radius 1 is 0.852 bits per heavy atom. The van der Waals surface area contributed by atoms with Gasteiger partial charge in [0.15, 0.2) is 0 Å². The van der Waals surface area contributed by atoms with Gasteiger partial charge in [0, 0.05) is 34.4 Å². The topological polar surface area (TPSA) is 19.0 Å². The molecular weight excluding hydrogens is 328 g/mol. The zero-order valence-electron chi connectivity index (χ0n) is 15.7. The fraction of sp³-hybridized carbons (Fsp3) is 0.200. The second-order valence-corrected chi connectivity index (χ2v) is 7.46. The van der Waals surface area contributed by atoms with Crippen LogP contribution in [0, 0.1) is 6.92 Å². The van der Waals surface area contributed by atoms with Crippen molar-refractivity contribution in [3.8, 4) is 11.1 Å². The molecule has 134 valence electrons. The monoisotopic (exact) mass is 352 g/mol. The molecule has 27 heavy (non-hydrogen) atoms. The highest BCUT2D eigenvalue weighted by Crippen LogP contribution is 2.43. The van der Waals surface area contributed by atoms with Gasteiger partial charge in [-0.2, -0.15) is 0 Å². The fourth-order valence-corrected chi connectivity index (χ4v) is 4.57. The minimum atomic E-state index is 0.383. The van der Waals surface area contributed by atoms with Crippen LogP contribution in [0.2, 0.25) is 0 Å². The van der Waals surface area contributed by atoms with Crippen LogP contribution in [0.15, 0.2) is 78.9 Å². The molecule has 4 aromatic rings. The molecule has 2 heterocycles. The van der Waals surface area contributed by atoms with E-state index in [1.807, 2.05) is 0 Å². The number of anilines is 1. The molecular formula is C25H24N2. The second kappa shape index (κ2) is 6.62. The number of hydrogen-bond donors (Lipinski definition) is 1. The third-order valence-electron chi connectivity index (χ3n) is 5.81. The normalized spacial score (nSPS) is 16.9. The molecule has 1 fully saturated rings. The van der Waals surface area contributed by atoms with Crippen LogP contribution in [0.4, 0.5) is 5.69 Å². The number of aromatic nitrogens is 1. The smallest absolute Gasteiger partial charge is 0.0699 e. The van der Waals surface area contributed by atoms with Crippen molar-refractivity contribution in [3.63, 3.8) is 0 Å². The molecule has 1 unspecified atom stereocenters. The highest BCUT2D eigenvalue weighted by atomic mass is 15.2. The van der Waals surface area contributed by atoms with Crippen molar-refractivity contribution in [3.05, 3.63) is 90.1 Å². The molecule has 0 radical (unpaired) electrons. The standard InChI is InChI=1S/C25H24N2/c1-18-10-5-8-15-22(18)27-17-9-16-23(27)25-24(19-11-3-2-4-12-19)20-13-6-7-14-21(20)26-25/h2-8,10-15,23,26H,9,16-17H2,1H3. The summed E-state index contributed by atoms with van der Waals surface area (Å²) < 4.78 is 0. The summed E-state index contributed by atoms with van der Waals surface area (Å²) in [5.41, 5.74) is 7.93. The molecule has 0 bridgehead atoms. The van der Waals surface area contributed by atoms with E-state index in [0.29, 0.717) is 6.04 Å². The molecule has 1 aliphatic heterocycles. The van der Waals surface area contributed by atoms with E-state index in [1.54, 1.807) is 0 Å². The van der Waals surface area contributed by atoms with Crippen molar-refractivity contribution in [2.45, 2.75) is 25.8 Å². The van der Waals surface area contributed by atoms with Crippen LogP contribution in [0.5, 0.6) is 0 Å². The lowest BCUT2D eigenvalue weighted by Gasteiger charge is -2.28. The van der Waals surface area contributed by atoms with Crippen LogP contribution >= 0.6 is 0 Å². The van der Waals surface area contributed by atoms with Crippen LogP contribution in [0.1, 0.15) is 30.1 Å². The van der Waals surface area contributed by atoms with Crippen molar-refractivity contribution in [2.24, 2.45) is 0 Å². The lowest BCUT2D eigenvalue weighted by molar-refractivity contribution is 0.702. The Morgan fingerprint density at radius 2 is 1.59 bits per heavy atom. The first-order valence-corrected chi connectivity index (χ1v) is 9.81. The van der Waals surface area contributed by atoms with Gasteiger partial charge in [0.25, 0.3) is 0 Å². The van der Waals surface area contributed by atoms with Crippen LogP contribution in [-0.4, -0.2) is 11.5 Å². The van der Waals surface area contributed by atoms with Crippen molar-refractivity contribution >= 4 is 16.6 Å². The highest BCUT2D eigenvalue weighted by Gasteiger charge is 2.31. The summed E-state index contributed by atoms with van der Waals surface area (Å²) in [6, 6.07) is 28.6. The first-order chi connectivity index (χ1) is 13.3. The summed E-state index contributed by atoms with van der Waals surface area (Å²) in [6.45, 7) is 3.33. The molecule has 1 atom stereocenters. The van der Waals surface area contributed by atoms with Crippen molar-refractivity contribution < 1.29 is 0 Å². The molecule has 3 aromatic carbocycles. The maximum absolute atomic E-state index is 3.78. The van der Waals surface area contributed by atoms with Gasteiger partial charge in [-0.15, -0.1) is 0 Å². The first kappa shape index (κ1) is 16.2. The number of nitrogens with one attached hydrogen (secondary N) is 1. The Kier molecular flexibility index (Phi) is 3.97. The van der Waals surface area contributed by atoms with Crippen LogP contribution in [0.3, 0.4) is 0 Å². The van der Waals surface area contributed by atoms with Gasteiger partial charge in [-0.3, -0.25) is 0 Å². The maximum atomic E-state index is 3.78. The number of nitrogens with zero attached hydrogens (tertiary/aromatic N) is 1. The third kappa shape index (κ3) is 2.73. The summed E-state index contributed by atoms with van der Waals surface area (Å²) in [6.07, 6.45) is 2.41. The average Bonchev–Trinajstić information content (AvgIpc) is 3.33. The Balaban J connectivity index is 1.70. The number of rotatable bonds is 3. The zero-order chi connectivity index (χ0) is 18.2. The van der Waals surface area contributed by atoms with Crippen LogP contribution in [-0.2, 0) is 0 Å². The van der Waals surface area contributed by atoms with E-state index in [2.05, 4.69) is 95.7 Å². The lowest BCUT2D eigenvalue weighted by Crippen LogP contribution is -2.24. The van der Waals surface area contributed by atoms with E-state index in [9.17, 15) is 0 Å². The van der Waals surface area contributed by atoms with Gasteiger partial charge in [-0.1, -0.05) is 66.7 Å². The Labute approximate surface area is 160 Å². The highest BCUT2D eigenvalue weighted by molar-refractivity contribution is 5.98. The molecule has 1 aromatic heterocycles. The minimum Gasteiger partial charge on any atom is -0.363 e. The van der Waals surface area contributed by atoms with Gasteiger partial charge < -0.3 is 9.88 Å². The van der Waals surface area contributed by atoms with Gasteiger partial charge in [0.2, 0.25) is 0 Å². The van der Waals surface area contributed by atoms with Crippen LogP contribution < -0.4 is 4.90 Å². The number of benzene rings is 3. The van der Waals surface area contributed by atoms with Crippen molar-refractivity contribution in [1.29, 1.82) is 0 Å². The molecule has 0 saturated carbocycles. The number of hydrogen-bond acceptors (Lipinski definition) is 1. The van der Waals surface area contributed by atoms with Crippen molar-refractivity contribution in [2.75, 3.05) is 11.4 Å². The number of para-hydroxylation sites is 2. The number of aromatic amines is 1. The number of H-pyrrole nitrogens is 1. The Bertz CT molecular complexity index is 1080. The summed E-state index contributed by atoms with van der Waals surface area (Å²) >= 11 is 0. The van der Waals surface area contributed by atoms with Crippen LogP contribution in [0.25, 0.3) is 22.0 Å². The maximum Gasteiger partial charge on any atom is 0.0699 e. The molecule has 2 nitrogen and oxygen atoms in total. The molecule has 1 saturated heterocycles. The number of aryl methyl sites for hydroxylation is 1. The zero-order valence-corrected chi connectivity index (χ0v) is 15.7. The summed E-state index contributed by atoms with van der Waals surface area (Å²) in [4.78, 5) is 6.37. The summed E-state index contributed by atoms with van der Waals surface area (Å²) in [5.74, 6) is 0. The molecule has 1 N–H and O–H groups in total. The van der Waals surface area contributed by atoms with E-state index in [0.717, 1.165) is 6.54 Å². The summed E-state index contributed by atoms with van der Waals surface area (Å²) in [5, 5.41) is 1.32. The molecule has 0 spiro atoms. The van der Waals surface area contributed by atoms with E-state index < -0.39 is 0 Å². The number of fused-ring (bicyclic) bond motifs is 1. The largest absolute Gasteiger partial charge is 0.363 e. The van der Waals surface area contributed by atoms with E-state index >= 15 is 0 Å². The SMILES string of the molecule is Cc1ccccc1N1CCCC1c1[nH]c2ccccc2c1-c1ccccc1. The first-order valence-electron chi connectivity index (χ1n) is 9.81. The lowest BCUT2D eigenvalue weighted by atomic mass is 9.97. The molecule has 5 rings (SSSR count). The molecule has 2 heteroatoms. The van der Waals surface area contributed by atoms with Gasteiger partial charge in [-0.25, -0.2) is 0 Å². The third-order valence-corrected chi connectivity index (χ3v) is 5.81. The van der Waals surface area contributed by atoms with E-state index in [1.165, 1.54) is 51.8 Å². The minimum absolute atomic E-state index is 0.383. The molecule has 1 aliphatic rings. The van der Waals surface area contributed by atoms with Gasteiger partial charge in [0.05, 0.1) is 6.04 Å². The Hall–Kier alpha value is -3.00. The second-order valence-electron chi connectivity index (χ2n) is 7.46. The van der Waals surface area contributed by atoms with E-state index in [4.69, 9.17) is 0 Å². The van der Waals surface area contributed by atoms with E-state index in [-0.39, 0.29) is 0 Å². The fourth-order valence-electron chi connectivity index (χ4n) is 4.57. The van der Waals surface area contributed by atoms with Gasteiger partial charge in [-0.05, 0) is 43.0 Å². The Morgan fingerprint density at radius 3 is 2.44 bits per heavy atom. The predicted octanol–water partition coefficient (Wildman–Crippen LogP) is 6.48. The van der Waals surface area contributed by atoms with Gasteiger partial charge in [0.1, 0.15) is 0 Å². The van der Waals surface area contributed by atoms with Gasteiger partial charge >= 0.3 is 0 Å². The van der Waals surface area contributed by atoms with Crippen molar-refractivity contribution in [1.82, 2.24) is 4.98 Å². The quantitative estimate of drug-likeness (QED) is 0.447. The molecule has 0 aliphatic carbocycles. The summed E-state index contributed by atoms with van der Waals surface area (Å²) in [7, 11) is 0. The molecule has 0 amide bonds. The predicted molar refractivity (Wildman–Crippen MR) is 114 cm³/mol. The average molecular weight is 352 g/mol.